The Morgan fingerprint density at radius 2 is 1.95 bits per heavy atom. The molecule has 1 rings (SSSR count). The van der Waals surface area contributed by atoms with Crippen molar-refractivity contribution < 1.29 is 18.3 Å². The van der Waals surface area contributed by atoms with E-state index in [-0.39, 0.29) is 29.9 Å². The van der Waals surface area contributed by atoms with Crippen LogP contribution in [0.1, 0.15) is 31.4 Å². The molecule has 1 aromatic carbocycles. The van der Waals surface area contributed by atoms with Crippen LogP contribution in [0, 0.1) is 0 Å². The van der Waals surface area contributed by atoms with Gasteiger partial charge in [-0.1, -0.05) is 12.1 Å². The van der Waals surface area contributed by atoms with Crippen LogP contribution in [0.25, 0.3) is 0 Å². The Morgan fingerprint density at radius 1 is 1.37 bits per heavy atom. The Morgan fingerprint density at radius 3 is 2.42 bits per heavy atom. The van der Waals surface area contributed by atoms with E-state index in [1.165, 1.54) is 12.1 Å². The van der Waals surface area contributed by atoms with Crippen LogP contribution in [0.4, 0.5) is 0 Å². The average Bonchev–Trinajstić information content (AvgIpc) is 2.35. The summed E-state index contributed by atoms with van der Waals surface area (Å²) in [6.45, 7) is 1.77. The minimum Gasteiger partial charge on any atom is -0.396 e. The molecule has 4 N–H and O–H groups in total. The van der Waals surface area contributed by atoms with Gasteiger partial charge in [0.15, 0.2) is 0 Å². The first-order valence-corrected chi connectivity index (χ1v) is 7.42. The van der Waals surface area contributed by atoms with E-state index in [4.69, 9.17) is 10.2 Å². The van der Waals surface area contributed by atoms with Gasteiger partial charge in [-0.15, -0.1) is 0 Å². The second-order valence-electron chi connectivity index (χ2n) is 4.23. The first kappa shape index (κ1) is 15.6. The van der Waals surface area contributed by atoms with Crippen LogP contribution in [0.3, 0.4) is 0 Å². The van der Waals surface area contributed by atoms with Gasteiger partial charge in [0.1, 0.15) is 0 Å². The van der Waals surface area contributed by atoms with Crippen molar-refractivity contribution in [1.82, 2.24) is 5.32 Å². The van der Waals surface area contributed by atoms with Crippen molar-refractivity contribution in [1.29, 1.82) is 0 Å². The second-order valence-corrected chi connectivity index (χ2v) is 5.79. The van der Waals surface area contributed by atoms with E-state index >= 15 is 0 Å². The van der Waals surface area contributed by atoms with Crippen LogP contribution in [0.15, 0.2) is 29.2 Å². The Balaban J connectivity index is 2.68. The molecule has 0 fully saturated rings. The molecule has 0 saturated heterocycles. The maximum Gasteiger partial charge on any atom is 0.238 e. The van der Waals surface area contributed by atoms with Crippen molar-refractivity contribution in [3.63, 3.8) is 0 Å². The van der Waals surface area contributed by atoms with Gasteiger partial charge in [0.05, 0.1) is 10.9 Å². The molecule has 1 aromatic rings. The summed E-state index contributed by atoms with van der Waals surface area (Å²) in [5.41, 5.74) is 0.782. The Hall–Kier alpha value is -1.44. The number of aliphatic hydroxyl groups is 1. The molecule has 7 heteroatoms. The largest absolute Gasteiger partial charge is 0.396 e. The highest BCUT2D eigenvalue weighted by molar-refractivity contribution is 7.89. The van der Waals surface area contributed by atoms with E-state index in [1.54, 1.807) is 19.1 Å². The molecule has 1 amide bonds. The second kappa shape index (κ2) is 6.65. The summed E-state index contributed by atoms with van der Waals surface area (Å²) in [6, 6.07) is 5.79. The predicted octanol–water partition coefficient (Wildman–Crippen LogP) is 0.284. The zero-order chi connectivity index (χ0) is 14.5. The number of hydrogen-bond acceptors (Lipinski definition) is 4. The topological polar surface area (TPSA) is 109 Å². The monoisotopic (exact) mass is 286 g/mol. The highest BCUT2D eigenvalue weighted by atomic mass is 32.2. The standard InChI is InChI=1S/C12H18N2O4S/c1-9(14-12(16)3-2-8-15)10-4-6-11(7-5-10)19(13,17)18/h4-7,9,15H,2-3,8H2,1H3,(H,14,16)(H2,13,17,18). The van der Waals surface area contributed by atoms with E-state index in [9.17, 15) is 13.2 Å². The lowest BCUT2D eigenvalue weighted by Gasteiger charge is -2.14. The van der Waals surface area contributed by atoms with E-state index in [2.05, 4.69) is 5.32 Å². The molecule has 0 aromatic heterocycles. The van der Waals surface area contributed by atoms with Crippen molar-refractivity contribution in [2.24, 2.45) is 5.14 Å². The quantitative estimate of drug-likeness (QED) is 0.698. The van der Waals surface area contributed by atoms with Crippen LogP contribution in [-0.4, -0.2) is 26.0 Å². The molecule has 1 atom stereocenters. The molecule has 0 aliphatic carbocycles. The number of rotatable bonds is 6. The Kier molecular flexibility index (Phi) is 5.46. The van der Waals surface area contributed by atoms with Crippen LogP contribution in [0.5, 0.6) is 0 Å². The number of benzene rings is 1. The normalized spacial score (nSPS) is 13.0. The average molecular weight is 286 g/mol. The summed E-state index contributed by atoms with van der Waals surface area (Å²) in [5, 5.41) is 16.4. The molecular formula is C12H18N2O4S. The molecule has 0 radical (unpaired) electrons. The zero-order valence-corrected chi connectivity index (χ0v) is 11.5. The third kappa shape index (κ3) is 4.98. The predicted molar refractivity (Wildman–Crippen MR) is 70.7 cm³/mol. The molecule has 0 heterocycles. The lowest BCUT2D eigenvalue weighted by molar-refractivity contribution is -0.122. The van der Waals surface area contributed by atoms with E-state index < -0.39 is 10.0 Å². The molecule has 0 aliphatic rings. The van der Waals surface area contributed by atoms with Gasteiger partial charge in [-0.2, -0.15) is 0 Å². The van der Waals surface area contributed by atoms with E-state index in [1.807, 2.05) is 0 Å². The van der Waals surface area contributed by atoms with Gasteiger partial charge in [-0.3, -0.25) is 4.79 Å². The van der Waals surface area contributed by atoms with Gasteiger partial charge in [0.25, 0.3) is 0 Å². The Bertz CT molecular complexity index is 525. The van der Waals surface area contributed by atoms with Crippen molar-refractivity contribution >= 4 is 15.9 Å². The van der Waals surface area contributed by atoms with Crippen molar-refractivity contribution in [2.75, 3.05) is 6.61 Å². The van der Waals surface area contributed by atoms with E-state index in [0.29, 0.717) is 6.42 Å². The molecule has 1 unspecified atom stereocenters. The van der Waals surface area contributed by atoms with Gasteiger partial charge in [-0.25, -0.2) is 13.6 Å². The summed E-state index contributed by atoms with van der Waals surface area (Å²) in [5.74, 6) is -0.155. The molecule has 106 valence electrons. The van der Waals surface area contributed by atoms with Gasteiger partial charge < -0.3 is 10.4 Å². The molecule has 0 aliphatic heterocycles. The summed E-state index contributed by atoms with van der Waals surface area (Å²) in [7, 11) is -3.70. The maximum atomic E-state index is 11.5. The molecule has 6 nitrogen and oxygen atoms in total. The summed E-state index contributed by atoms with van der Waals surface area (Å²) >= 11 is 0. The first-order chi connectivity index (χ1) is 8.84. The van der Waals surface area contributed by atoms with Crippen molar-refractivity contribution in [2.45, 2.75) is 30.7 Å². The number of nitrogens with two attached hydrogens (primary N) is 1. The number of primary sulfonamides is 1. The Labute approximate surface area is 112 Å². The lowest BCUT2D eigenvalue weighted by Crippen LogP contribution is -2.26. The highest BCUT2D eigenvalue weighted by Crippen LogP contribution is 2.15. The third-order valence-corrected chi connectivity index (χ3v) is 3.58. The van der Waals surface area contributed by atoms with Crippen molar-refractivity contribution in [3.8, 4) is 0 Å². The van der Waals surface area contributed by atoms with Gasteiger partial charge >= 0.3 is 0 Å². The van der Waals surface area contributed by atoms with Gasteiger partial charge in [0.2, 0.25) is 15.9 Å². The third-order valence-electron chi connectivity index (χ3n) is 2.65. The zero-order valence-electron chi connectivity index (χ0n) is 10.7. The molecular weight excluding hydrogens is 268 g/mol. The summed E-state index contributed by atoms with van der Waals surface area (Å²) in [4.78, 5) is 11.5. The SMILES string of the molecule is CC(NC(=O)CCCO)c1ccc(S(N)(=O)=O)cc1. The minimum absolute atomic E-state index is 0.0230. The number of nitrogens with one attached hydrogen (secondary N) is 1. The fraction of sp³-hybridized carbons (Fsp3) is 0.417. The van der Waals surface area contributed by atoms with Gasteiger partial charge in [0, 0.05) is 13.0 Å². The fourth-order valence-electron chi connectivity index (χ4n) is 1.58. The number of amides is 1. The number of carbonyl (C=O) groups excluding carboxylic acids is 1. The molecule has 0 saturated carbocycles. The number of aliphatic hydroxyl groups excluding tert-OH is 1. The maximum absolute atomic E-state index is 11.5. The van der Waals surface area contributed by atoms with Crippen LogP contribution in [0.2, 0.25) is 0 Å². The fourth-order valence-corrected chi connectivity index (χ4v) is 2.10. The lowest BCUT2D eigenvalue weighted by atomic mass is 10.1. The van der Waals surface area contributed by atoms with Crippen LogP contribution < -0.4 is 10.5 Å². The summed E-state index contributed by atoms with van der Waals surface area (Å²) in [6.07, 6.45) is 0.680. The molecule has 0 spiro atoms. The number of sulfonamides is 1. The van der Waals surface area contributed by atoms with Crippen molar-refractivity contribution in [3.05, 3.63) is 29.8 Å². The van der Waals surface area contributed by atoms with Gasteiger partial charge in [-0.05, 0) is 31.0 Å². The smallest absolute Gasteiger partial charge is 0.238 e. The first-order valence-electron chi connectivity index (χ1n) is 5.87. The van der Waals surface area contributed by atoms with Crippen LogP contribution >= 0.6 is 0 Å². The highest BCUT2D eigenvalue weighted by Gasteiger charge is 2.11. The van der Waals surface area contributed by atoms with Crippen LogP contribution in [-0.2, 0) is 14.8 Å². The summed E-state index contributed by atoms with van der Waals surface area (Å²) < 4.78 is 22.2. The van der Waals surface area contributed by atoms with E-state index in [0.717, 1.165) is 5.56 Å². The number of carbonyl (C=O) groups is 1. The number of hydrogen-bond donors (Lipinski definition) is 3. The minimum atomic E-state index is -3.70. The molecule has 0 bridgehead atoms. The molecule has 19 heavy (non-hydrogen) atoms.